The second-order valence-corrected chi connectivity index (χ2v) is 6.64. The van der Waals surface area contributed by atoms with Crippen LogP contribution in [0.2, 0.25) is 0 Å². The van der Waals surface area contributed by atoms with Crippen LogP contribution in [0.25, 0.3) is 0 Å². The number of anilines is 1. The van der Waals surface area contributed by atoms with Gasteiger partial charge in [-0.25, -0.2) is 0 Å². The average molecular weight is 345 g/mol. The number of para-hydroxylation sites is 2. The molecule has 0 unspecified atom stereocenters. The summed E-state index contributed by atoms with van der Waals surface area (Å²) in [7, 11) is 0. The molecule has 0 bridgehead atoms. The van der Waals surface area contributed by atoms with Crippen LogP contribution in [0.4, 0.5) is 5.69 Å². The smallest absolute Gasteiger partial charge is 0.260 e. The van der Waals surface area contributed by atoms with Crippen molar-refractivity contribution in [1.82, 2.24) is 5.32 Å². The van der Waals surface area contributed by atoms with Crippen LogP contribution in [0.1, 0.15) is 17.8 Å². The Morgan fingerprint density at radius 3 is 2.88 bits per heavy atom. The third kappa shape index (κ3) is 3.51. The highest BCUT2D eigenvalue weighted by Crippen LogP contribution is 2.32. The lowest BCUT2D eigenvalue weighted by molar-refractivity contribution is -0.125. The van der Waals surface area contributed by atoms with Crippen LogP contribution in [0.15, 0.2) is 41.8 Å². The number of benzene rings is 1. The van der Waals surface area contributed by atoms with E-state index < -0.39 is 12.0 Å². The summed E-state index contributed by atoms with van der Waals surface area (Å²) in [5.74, 6) is -0.0932. The number of fused-ring (bicyclic) bond motifs is 1. The Hall–Kier alpha value is -2.54. The molecule has 1 aromatic carbocycles. The van der Waals surface area contributed by atoms with Crippen molar-refractivity contribution in [3.63, 3.8) is 0 Å². The molecule has 0 saturated heterocycles. The standard InChI is InChI=1S/C17H19N3O3S/c1-11(15-7-4-8-24-15)19-16(21)10-20-9-14(17(18)22)23-13-6-3-2-5-12(13)20/h2-8,11,14H,9-10H2,1H3,(H2,18,22)(H,19,21)/t11-,14-/m1/s1. The maximum Gasteiger partial charge on any atom is 0.260 e. The second kappa shape index (κ2) is 6.92. The quantitative estimate of drug-likeness (QED) is 0.863. The normalized spacial score (nSPS) is 17.5. The van der Waals surface area contributed by atoms with E-state index in [0.717, 1.165) is 10.6 Å². The molecule has 1 aliphatic heterocycles. The van der Waals surface area contributed by atoms with E-state index in [2.05, 4.69) is 5.32 Å². The number of carbonyl (C=O) groups excluding carboxylic acids is 2. The number of thiophene rings is 1. The van der Waals surface area contributed by atoms with Crippen molar-refractivity contribution in [3.8, 4) is 5.75 Å². The first kappa shape index (κ1) is 16.3. The van der Waals surface area contributed by atoms with Gasteiger partial charge in [0.1, 0.15) is 5.75 Å². The van der Waals surface area contributed by atoms with Gasteiger partial charge in [0.15, 0.2) is 6.10 Å². The molecule has 2 atom stereocenters. The van der Waals surface area contributed by atoms with E-state index in [0.29, 0.717) is 5.75 Å². The van der Waals surface area contributed by atoms with Gasteiger partial charge in [-0.3, -0.25) is 9.59 Å². The minimum atomic E-state index is -0.762. The van der Waals surface area contributed by atoms with Gasteiger partial charge in [-0.05, 0) is 30.5 Å². The molecule has 2 heterocycles. The maximum absolute atomic E-state index is 12.4. The van der Waals surface area contributed by atoms with E-state index in [1.54, 1.807) is 17.4 Å². The van der Waals surface area contributed by atoms with Crippen LogP contribution in [0.3, 0.4) is 0 Å². The average Bonchev–Trinajstić information content (AvgIpc) is 3.09. The molecule has 2 aromatic rings. The third-order valence-electron chi connectivity index (χ3n) is 3.86. The third-order valence-corrected chi connectivity index (χ3v) is 4.92. The highest BCUT2D eigenvalue weighted by Gasteiger charge is 2.30. The summed E-state index contributed by atoms with van der Waals surface area (Å²) < 4.78 is 5.60. The summed E-state index contributed by atoms with van der Waals surface area (Å²) in [5.41, 5.74) is 6.16. The Morgan fingerprint density at radius 2 is 2.17 bits per heavy atom. The largest absolute Gasteiger partial charge is 0.477 e. The van der Waals surface area contributed by atoms with Gasteiger partial charge in [0.25, 0.3) is 5.91 Å². The number of nitrogens with zero attached hydrogens (tertiary/aromatic N) is 1. The number of hydrogen-bond donors (Lipinski definition) is 2. The van der Waals surface area contributed by atoms with Crippen molar-refractivity contribution in [2.75, 3.05) is 18.0 Å². The zero-order chi connectivity index (χ0) is 17.1. The molecule has 3 rings (SSSR count). The first-order chi connectivity index (χ1) is 11.5. The fourth-order valence-corrected chi connectivity index (χ4v) is 3.41. The lowest BCUT2D eigenvalue weighted by atomic mass is 10.1. The highest BCUT2D eigenvalue weighted by atomic mass is 32.1. The van der Waals surface area contributed by atoms with E-state index in [1.165, 1.54) is 0 Å². The Morgan fingerprint density at radius 1 is 1.38 bits per heavy atom. The van der Waals surface area contributed by atoms with Crippen molar-refractivity contribution < 1.29 is 14.3 Å². The number of amides is 2. The molecule has 126 valence electrons. The van der Waals surface area contributed by atoms with E-state index >= 15 is 0 Å². The van der Waals surface area contributed by atoms with Gasteiger partial charge in [0, 0.05) is 4.88 Å². The van der Waals surface area contributed by atoms with Crippen molar-refractivity contribution >= 4 is 28.8 Å². The van der Waals surface area contributed by atoms with Crippen LogP contribution < -0.4 is 20.7 Å². The summed E-state index contributed by atoms with van der Waals surface area (Å²) in [6.07, 6.45) is -0.762. The zero-order valence-corrected chi connectivity index (χ0v) is 14.1. The lowest BCUT2D eigenvalue weighted by Crippen LogP contribution is -2.50. The minimum absolute atomic E-state index is 0.0549. The van der Waals surface area contributed by atoms with E-state index in [1.807, 2.05) is 47.5 Å². The first-order valence-electron chi connectivity index (χ1n) is 7.67. The van der Waals surface area contributed by atoms with Gasteiger partial charge in [0.05, 0.1) is 24.8 Å². The Bertz CT molecular complexity index is 732. The molecule has 0 radical (unpaired) electrons. The number of ether oxygens (including phenoxy) is 1. The zero-order valence-electron chi connectivity index (χ0n) is 13.3. The number of rotatable bonds is 5. The molecule has 1 aliphatic rings. The molecule has 1 aromatic heterocycles. The van der Waals surface area contributed by atoms with Crippen molar-refractivity contribution in [2.45, 2.75) is 19.1 Å². The number of carbonyl (C=O) groups is 2. The Kier molecular flexibility index (Phi) is 4.71. The molecule has 7 heteroatoms. The second-order valence-electron chi connectivity index (χ2n) is 5.66. The summed E-state index contributed by atoms with van der Waals surface area (Å²) >= 11 is 1.60. The lowest BCUT2D eigenvalue weighted by Gasteiger charge is -2.34. The summed E-state index contributed by atoms with van der Waals surface area (Å²) in [4.78, 5) is 26.8. The van der Waals surface area contributed by atoms with Crippen LogP contribution in [-0.4, -0.2) is 31.0 Å². The number of primary amides is 1. The fourth-order valence-electron chi connectivity index (χ4n) is 2.67. The fraction of sp³-hybridized carbons (Fsp3) is 0.294. The van der Waals surface area contributed by atoms with Gasteiger partial charge >= 0.3 is 0 Å². The topological polar surface area (TPSA) is 84.7 Å². The van der Waals surface area contributed by atoms with Gasteiger partial charge in [-0.1, -0.05) is 18.2 Å². The number of nitrogens with two attached hydrogens (primary N) is 1. The van der Waals surface area contributed by atoms with Crippen LogP contribution in [-0.2, 0) is 9.59 Å². The monoisotopic (exact) mass is 345 g/mol. The number of nitrogens with one attached hydrogen (secondary N) is 1. The highest BCUT2D eigenvalue weighted by molar-refractivity contribution is 7.10. The van der Waals surface area contributed by atoms with Gasteiger partial charge < -0.3 is 20.7 Å². The predicted molar refractivity (Wildman–Crippen MR) is 93.1 cm³/mol. The molecule has 0 aliphatic carbocycles. The molecule has 0 saturated carbocycles. The summed E-state index contributed by atoms with van der Waals surface area (Å²) in [5, 5.41) is 4.96. The SMILES string of the molecule is C[C@@H](NC(=O)CN1C[C@H](C(N)=O)Oc2ccccc21)c1cccs1. The molecule has 24 heavy (non-hydrogen) atoms. The first-order valence-corrected chi connectivity index (χ1v) is 8.55. The van der Waals surface area contributed by atoms with Crippen LogP contribution in [0, 0.1) is 0 Å². The van der Waals surface area contributed by atoms with Gasteiger partial charge in [-0.15, -0.1) is 11.3 Å². The van der Waals surface area contributed by atoms with E-state index in [9.17, 15) is 9.59 Å². The molecule has 6 nitrogen and oxygen atoms in total. The number of hydrogen-bond acceptors (Lipinski definition) is 5. The maximum atomic E-state index is 12.4. The molecule has 2 amide bonds. The van der Waals surface area contributed by atoms with Gasteiger partial charge in [-0.2, -0.15) is 0 Å². The van der Waals surface area contributed by atoms with Crippen molar-refractivity contribution in [1.29, 1.82) is 0 Å². The van der Waals surface area contributed by atoms with Crippen molar-refractivity contribution in [3.05, 3.63) is 46.7 Å². The van der Waals surface area contributed by atoms with Crippen molar-refractivity contribution in [2.24, 2.45) is 5.73 Å². The van der Waals surface area contributed by atoms with Crippen LogP contribution in [0.5, 0.6) is 5.75 Å². The Labute approximate surface area is 144 Å². The minimum Gasteiger partial charge on any atom is -0.477 e. The van der Waals surface area contributed by atoms with Gasteiger partial charge in [0.2, 0.25) is 5.91 Å². The predicted octanol–water partition coefficient (Wildman–Crippen LogP) is 1.68. The molecule has 0 fully saturated rings. The molecule has 3 N–H and O–H groups in total. The summed E-state index contributed by atoms with van der Waals surface area (Å²) in [6, 6.07) is 11.2. The van der Waals surface area contributed by atoms with E-state index in [-0.39, 0.29) is 25.0 Å². The Balaban J connectivity index is 1.71. The summed E-state index contributed by atoms with van der Waals surface area (Å²) in [6.45, 7) is 2.34. The molecular formula is C17H19N3O3S. The van der Waals surface area contributed by atoms with E-state index in [4.69, 9.17) is 10.5 Å². The molecular weight excluding hydrogens is 326 g/mol. The molecule has 0 spiro atoms. The van der Waals surface area contributed by atoms with Crippen LogP contribution >= 0.6 is 11.3 Å².